The molecule has 0 atom stereocenters. The second-order valence-electron chi connectivity index (χ2n) is 3.65. The summed E-state index contributed by atoms with van der Waals surface area (Å²) in [6, 6.07) is 1.35. The number of hydrogen-bond acceptors (Lipinski definition) is 4. The van der Waals surface area contributed by atoms with Gasteiger partial charge in [-0.3, -0.25) is 4.98 Å². The molecular weight excluding hydrogens is 300 g/mol. The van der Waals surface area contributed by atoms with Crippen molar-refractivity contribution in [2.75, 3.05) is 0 Å². The maximum absolute atomic E-state index is 13.5. The lowest BCUT2D eigenvalue weighted by Gasteiger charge is -2.07. The third-order valence-corrected chi connectivity index (χ3v) is 2.34. The van der Waals surface area contributed by atoms with Gasteiger partial charge in [-0.1, -0.05) is 0 Å². The van der Waals surface area contributed by atoms with E-state index in [4.69, 9.17) is 5.73 Å². The standard InChI is InChI=1S/C11H8F4N4.ClH/c12-9-5-17-7(2-16)1-8(9)6-3-18-10(19-4-6)11(13,14)15;/h1,3-5H,2,16H2;1H. The highest BCUT2D eigenvalue weighted by molar-refractivity contribution is 5.85. The average Bonchev–Trinajstić information content (AvgIpc) is 2.38. The molecule has 0 unspecified atom stereocenters. The predicted molar refractivity (Wildman–Crippen MR) is 65.4 cm³/mol. The SMILES string of the molecule is Cl.NCc1cc(-c2cnc(C(F)(F)F)nc2)c(F)cn1. The Balaban J connectivity index is 0.00000200. The Hall–Kier alpha value is -1.80. The van der Waals surface area contributed by atoms with Crippen LogP contribution in [-0.4, -0.2) is 15.0 Å². The number of halogens is 5. The molecule has 0 amide bonds. The second kappa shape index (κ2) is 6.10. The zero-order valence-corrected chi connectivity index (χ0v) is 10.7. The van der Waals surface area contributed by atoms with Crippen LogP contribution in [0, 0.1) is 5.82 Å². The van der Waals surface area contributed by atoms with Gasteiger partial charge in [0.25, 0.3) is 0 Å². The number of aromatic nitrogens is 3. The van der Waals surface area contributed by atoms with E-state index >= 15 is 0 Å². The molecule has 0 radical (unpaired) electrons. The van der Waals surface area contributed by atoms with Gasteiger partial charge in [-0.2, -0.15) is 13.2 Å². The van der Waals surface area contributed by atoms with E-state index in [0.29, 0.717) is 5.69 Å². The van der Waals surface area contributed by atoms with Gasteiger partial charge in [0.05, 0.1) is 11.9 Å². The quantitative estimate of drug-likeness (QED) is 0.866. The number of pyridine rings is 1. The van der Waals surface area contributed by atoms with E-state index in [1.807, 2.05) is 0 Å². The van der Waals surface area contributed by atoms with E-state index in [-0.39, 0.29) is 30.1 Å². The second-order valence-corrected chi connectivity index (χ2v) is 3.65. The first-order valence-corrected chi connectivity index (χ1v) is 5.16. The smallest absolute Gasteiger partial charge is 0.325 e. The Kier molecular flexibility index (Phi) is 4.96. The monoisotopic (exact) mass is 308 g/mol. The van der Waals surface area contributed by atoms with Gasteiger partial charge in [-0.05, 0) is 6.07 Å². The van der Waals surface area contributed by atoms with Crippen molar-refractivity contribution in [3.8, 4) is 11.1 Å². The molecule has 2 rings (SSSR count). The first-order valence-electron chi connectivity index (χ1n) is 5.16. The molecule has 2 aromatic rings. The van der Waals surface area contributed by atoms with Crippen LogP contribution in [-0.2, 0) is 12.7 Å². The molecule has 0 saturated heterocycles. The largest absolute Gasteiger partial charge is 0.451 e. The summed E-state index contributed by atoms with van der Waals surface area (Å²) in [6.07, 6.45) is -1.85. The van der Waals surface area contributed by atoms with Crippen molar-refractivity contribution in [1.29, 1.82) is 0 Å². The fraction of sp³-hybridized carbons (Fsp3) is 0.182. The zero-order valence-electron chi connectivity index (χ0n) is 9.86. The molecular formula is C11H9ClF4N4. The fourth-order valence-electron chi connectivity index (χ4n) is 1.43. The van der Waals surface area contributed by atoms with Gasteiger partial charge in [0.15, 0.2) is 0 Å². The number of nitrogens with two attached hydrogens (primary N) is 1. The van der Waals surface area contributed by atoms with Crippen LogP contribution < -0.4 is 5.73 Å². The Bertz CT molecular complexity index is 586. The van der Waals surface area contributed by atoms with Gasteiger partial charge in [-0.15, -0.1) is 12.4 Å². The number of alkyl halides is 3. The van der Waals surface area contributed by atoms with Crippen LogP contribution in [0.3, 0.4) is 0 Å². The molecule has 0 saturated carbocycles. The normalized spacial score (nSPS) is 11.1. The lowest BCUT2D eigenvalue weighted by Crippen LogP contribution is -2.10. The fourth-order valence-corrected chi connectivity index (χ4v) is 1.43. The molecule has 4 nitrogen and oxygen atoms in total. The summed E-state index contributed by atoms with van der Waals surface area (Å²) in [7, 11) is 0. The van der Waals surface area contributed by atoms with Crippen LogP contribution >= 0.6 is 12.4 Å². The summed E-state index contributed by atoms with van der Waals surface area (Å²) in [4.78, 5) is 10.1. The highest BCUT2D eigenvalue weighted by Gasteiger charge is 2.34. The minimum atomic E-state index is -4.63. The third kappa shape index (κ3) is 3.40. The van der Waals surface area contributed by atoms with Crippen LogP contribution in [0.1, 0.15) is 11.5 Å². The van der Waals surface area contributed by atoms with E-state index < -0.39 is 17.8 Å². The minimum Gasteiger partial charge on any atom is -0.325 e. The highest BCUT2D eigenvalue weighted by atomic mass is 35.5. The number of rotatable bonds is 2. The van der Waals surface area contributed by atoms with Gasteiger partial charge in [0.1, 0.15) is 5.82 Å². The molecule has 9 heteroatoms. The van der Waals surface area contributed by atoms with E-state index in [0.717, 1.165) is 18.6 Å². The van der Waals surface area contributed by atoms with Gasteiger partial charge < -0.3 is 5.73 Å². The minimum absolute atomic E-state index is 0. The molecule has 0 aliphatic rings. The van der Waals surface area contributed by atoms with Crippen molar-refractivity contribution >= 4 is 12.4 Å². The third-order valence-electron chi connectivity index (χ3n) is 2.34. The van der Waals surface area contributed by atoms with Crippen molar-refractivity contribution in [2.24, 2.45) is 5.73 Å². The van der Waals surface area contributed by atoms with E-state index in [2.05, 4.69) is 15.0 Å². The molecule has 108 valence electrons. The Morgan fingerprint density at radius 3 is 2.15 bits per heavy atom. The van der Waals surface area contributed by atoms with Crippen LogP contribution in [0.25, 0.3) is 11.1 Å². The number of hydrogen-bond donors (Lipinski definition) is 1. The van der Waals surface area contributed by atoms with Crippen LogP contribution in [0.2, 0.25) is 0 Å². The number of nitrogens with zero attached hydrogens (tertiary/aromatic N) is 3. The van der Waals surface area contributed by atoms with Crippen LogP contribution in [0.15, 0.2) is 24.7 Å². The van der Waals surface area contributed by atoms with Crippen molar-refractivity contribution in [3.05, 3.63) is 42.0 Å². The van der Waals surface area contributed by atoms with Gasteiger partial charge in [0, 0.05) is 30.1 Å². The molecule has 0 aromatic carbocycles. The Morgan fingerprint density at radius 1 is 1.05 bits per heavy atom. The molecule has 0 aliphatic heterocycles. The molecule has 0 aliphatic carbocycles. The van der Waals surface area contributed by atoms with Crippen LogP contribution in [0.4, 0.5) is 17.6 Å². The summed E-state index contributed by atoms with van der Waals surface area (Å²) in [5.74, 6) is -1.95. The highest BCUT2D eigenvalue weighted by Crippen LogP contribution is 2.27. The van der Waals surface area contributed by atoms with Crippen molar-refractivity contribution in [3.63, 3.8) is 0 Å². The average molecular weight is 309 g/mol. The molecule has 2 aromatic heterocycles. The first-order chi connectivity index (χ1) is 8.91. The molecule has 0 fully saturated rings. The molecule has 0 spiro atoms. The van der Waals surface area contributed by atoms with Crippen molar-refractivity contribution in [1.82, 2.24) is 15.0 Å². The van der Waals surface area contributed by atoms with Gasteiger partial charge >= 0.3 is 6.18 Å². The molecule has 2 N–H and O–H groups in total. The molecule has 0 bridgehead atoms. The zero-order chi connectivity index (χ0) is 14.0. The van der Waals surface area contributed by atoms with Crippen molar-refractivity contribution in [2.45, 2.75) is 12.7 Å². The summed E-state index contributed by atoms with van der Waals surface area (Å²) in [5, 5.41) is 0. The van der Waals surface area contributed by atoms with E-state index in [1.165, 1.54) is 6.07 Å². The first kappa shape index (κ1) is 16.3. The van der Waals surface area contributed by atoms with Gasteiger partial charge in [0.2, 0.25) is 5.82 Å². The topological polar surface area (TPSA) is 64.7 Å². The van der Waals surface area contributed by atoms with E-state index in [1.54, 1.807) is 0 Å². The summed E-state index contributed by atoms with van der Waals surface area (Å²) >= 11 is 0. The maximum atomic E-state index is 13.5. The summed E-state index contributed by atoms with van der Waals surface area (Å²) in [5.41, 5.74) is 5.96. The predicted octanol–water partition coefficient (Wildman–Crippen LogP) is 2.58. The molecule has 2 heterocycles. The van der Waals surface area contributed by atoms with Gasteiger partial charge in [-0.25, -0.2) is 14.4 Å². The lowest BCUT2D eigenvalue weighted by atomic mass is 10.1. The Labute approximate surface area is 117 Å². The molecule has 20 heavy (non-hydrogen) atoms. The Morgan fingerprint density at radius 2 is 1.65 bits per heavy atom. The summed E-state index contributed by atoms with van der Waals surface area (Å²) in [6.45, 7) is 0.0920. The maximum Gasteiger partial charge on any atom is 0.451 e. The lowest BCUT2D eigenvalue weighted by molar-refractivity contribution is -0.144. The van der Waals surface area contributed by atoms with Crippen molar-refractivity contribution < 1.29 is 17.6 Å². The summed E-state index contributed by atoms with van der Waals surface area (Å²) < 4.78 is 50.4. The van der Waals surface area contributed by atoms with E-state index in [9.17, 15) is 17.6 Å². The van der Waals surface area contributed by atoms with Crippen LogP contribution in [0.5, 0.6) is 0 Å².